The number of nitrogens with one attached hydrogen (secondary N) is 1. The van der Waals surface area contributed by atoms with Crippen LogP contribution in [0.25, 0.3) is 0 Å². The number of hydrogen-bond donors (Lipinski definition) is 1. The molecule has 1 aromatic rings. The first-order valence-electron chi connectivity index (χ1n) is 7.11. The molecule has 1 aliphatic rings. The van der Waals surface area contributed by atoms with Crippen molar-refractivity contribution in [2.75, 3.05) is 20.1 Å². The van der Waals surface area contributed by atoms with Crippen molar-refractivity contribution in [2.24, 2.45) is 5.41 Å². The predicted octanol–water partition coefficient (Wildman–Crippen LogP) is 2.27. The molecule has 0 radical (unpaired) electrons. The van der Waals surface area contributed by atoms with Crippen LogP contribution in [0.5, 0.6) is 0 Å². The van der Waals surface area contributed by atoms with Gasteiger partial charge in [-0.2, -0.15) is 4.31 Å². The van der Waals surface area contributed by atoms with Crippen LogP contribution < -0.4 is 5.32 Å². The largest absolute Gasteiger partial charge is 0.316 e. The zero-order chi connectivity index (χ0) is 15.8. The molecule has 1 N–H and O–H groups in total. The lowest BCUT2D eigenvalue weighted by molar-refractivity contribution is 0.375. The van der Waals surface area contributed by atoms with Gasteiger partial charge >= 0.3 is 0 Å². The Labute approximate surface area is 126 Å². The molecule has 4 nitrogen and oxygen atoms in total. The predicted molar refractivity (Wildman–Crippen MR) is 81.1 cm³/mol. The van der Waals surface area contributed by atoms with Crippen LogP contribution in [0, 0.1) is 18.2 Å². The summed E-state index contributed by atoms with van der Waals surface area (Å²) in [5, 5.41) is 2.86. The molecule has 0 spiro atoms. The van der Waals surface area contributed by atoms with Crippen molar-refractivity contribution in [1.82, 2.24) is 9.62 Å². The molecule has 0 aliphatic carbocycles. The fraction of sp³-hybridized carbons (Fsp3) is 0.600. The molecule has 118 valence electrons. The third kappa shape index (κ3) is 3.27. The number of sulfonamides is 1. The molecule has 0 atom stereocenters. The van der Waals surface area contributed by atoms with Crippen LogP contribution in [-0.4, -0.2) is 32.9 Å². The third-order valence-corrected chi connectivity index (χ3v) is 5.77. The Hall–Kier alpha value is -0.980. The van der Waals surface area contributed by atoms with E-state index in [-0.39, 0.29) is 16.1 Å². The van der Waals surface area contributed by atoms with E-state index in [4.69, 9.17) is 0 Å². The van der Waals surface area contributed by atoms with Crippen LogP contribution in [0.15, 0.2) is 17.0 Å². The van der Waals surface area contributed by atoms with Gasteiger partial charge in [0.25, 0.3) is 0 Å². The average Bonchev–Trinajstić information content (AvgIpc) is 2.76. The molecule has 0 aromatic heterocycles. The smallest absolute Gasteiger partial charge is 0.243 e. The summed E-state index contributed by atoms with van der Waals surface area (Å²) in [6.45, 7) is 7.05. The van der Waals surface area contributed by atoms with Crippen LogP contribution in [-0.2, 0) is 16.6 Å². The van der Waals surface area contributed by atoms with E-state index >= 15 is 0 Å². The maximum absolute atomic E-state index is 14.0. The van der Waals surface area contributed by atoms with Crippen molar-refractivity contribution < 1.29 is 12.8 Å². The summed E-state index contributed by atoms with van der Waals surface area (Å²) < 4.78 is 41.0. The lowest BCUT2D eigenvalue weighted by atomic mass is 9.93. The first-order chi connectivity index (χ1) is 9.67. The Balaban J connectivity index is 2.41. The zero-order valence-corrected chi connectivity index (χ0v) is 13.8. The lowest BCUT2D eigenvalue weighted by Crippen LogP contribution is -2.30. The van der Waals surface area contributed by atoms with E-state index in [2.05, 4.69) is 19.2 Å². The summed E-state index contributed by atoms with van der Waals surface area (Å²) in [5.74, 6) is -0.343. The molecule has 0 saturated carbocycles. The van der Waals surface area contributed by atoms with Crippen molar-refractivity contribution in [3.8, 4) is 0 Å². The van der Waals surface area contributed by atoms with Gasteiger partial charge in [0.2, 0.25) is 10.0 Å². The molecule has 1 aliphatic heterocycles. The third-order valence-electron chi connectivity index (χ3n) is 3.95. The first-order valence-corrected chi connectivity index (χ1v) is 8.55. The van der Waals surface area contributed by atoms with E-state index in [1.165, 1.54) is 16.4 Å². The van der Waals surface area contributed by atoms with Gasteiger partial charge in [-0.3, -0.25) is 0 Å². The standard InChI is InChI=1S/C15H23FN2O2S/c1-11-7-13(8-12(9-17-4)14(11)16)21(19,20)18-6-5-15(2,3)10-18/h7-8,17H,5-6,9-10H2,1-4H3. The van der Waals surface area contributed by atoms with Gasteiger partial charge in [-0.15, -0.1) is 0 Å². The number of benzene rings is 1. The lowest BCUT2D eigenvalue weighted by Gasteiger charge is -2.20. The highest BCUT2D eigenvalue weighted by Crippen LogP contribution is 2.33. The van der Waals surface area contributed by atoms with E-state index in [1.807, 2.05) is 0 Å². The maximum Gasteiger partial charge on any atom is 0.243 e. The van der Waals surface area contributed by atoms with Crippen molar-refractivity contribution in [1.29, 1.82) is 0 Å². The monoisotopic (exact) mass is 314 g/mol. The Morgan fingerprint density at radius 3 is 2.57 bits per heavy atom. The fourth-order valence-electron chi connectivity index (χ4n) is 2.69. The molecule has 0 unspecified atom stereocenters. The van der Waals surface area contributed by atoms with Gasteiger partial charge in [0.1, 0.15) is 5.82 Å². The van der Waals surface area contributed by atoms with Gasteiger partial charge in [0, 0.05) is 25.2 Å². The van der Waals surface area contributed by atoms with Gasteiger partial charge in [-0.25, -0.2) is 12.8 Å². The zero-order valence-electron chi connectivity index (χ0n) is 13.0. The molecule has 1 heterocycles. The molecule has 2 rings (SSSR count). The summed E-state index contributed by atoms with van der Waals surface area (Å²) in [6, 6.07) is 2.87. The van der Waals surface area contributed by atoms with E-state index in [9.17, 15) is 12.8 Å². The minimum absolute atomic E-state index is 0.00402. The molecule has 0 bridgehead atoms. The molecule has 1 saturated heterocycles. The van der Waals surface area contributed by atoms with E-state index in [1.54, 1.807) is 14.0 Å². The summed E-state index contributed by atoms with van der Waals surface area (Å²) >= 11 is 0. The number of aryl methyl sites for hydroxylation is 1. The Morgan fingerprint density at radius 1 is 1.38 bits per heavy atom. The van der Waals surface area contributed by atoms with Crippen LogP contribution in [0.1, 0.15) is 31.4 Å². The average molecular weight is 314 g/mol. The summed E-state index contributed by atoms with van der Waals surface area (Å²) in [6.07, 6.45) is 0.843. The SMILES string of the molecule is CNCc1cc(S(=O)(=O)N2CCC(C)(C)C2)cc(C)c1F. The maximum atomic E-state index is 14.0. The molecule has 6 heteroatoms. The second kappa shape index (κ2) is 5.66. The molecule has 1 fully saturated rings. The van der Waals surface area contributed by atoms with Crippen molar-refractivity contribution >= 4 is 10.0 Å². The topological polar surface area (TPSA) is 49.4 Å². The molecular formula is C15H23FN2O2S. The highest BCUT2D eigenvalue weighted by molar-refractivity contribution is 7.89. The van der Waals surface area contributed by atoms with Crippen molar-refractivity contribution in [3.63, 3.8) is 0 Å². The fourth-order valence-corrected chi connectivity index (χ4v) is 4.46. The molecule has 1 aromatic carbocycles. The summed E-state index contributed by atoms with van der Waals surface area (Å²) in [5.41, 5.74) is 0.741. The molecular weight excluding hydrogens is 291 g/mol. The second-order valence-electron chi connectivity index (χ2n) is 6.50. The number of hydrogen-bond acceptors (Lipinski definition) is 3. The first kappa shape index (κ1) is 16.4. The van der Waals surface area contributed by atoms with Gasteiger partial charge < -0.3 is 5.32 Å². The van der Waals surface area contributed by atoms with E-state index < -0.39 is 10.0 Å². The quantitative estimate of drug-likeness (QED) is 0.927. The Morgan fingerprint density at radius 2 is 2.05 bits per heavy atom. The van der Waals surface area contributed by atoms with Gasteiger partial charge in [0.05, 0.1) is 4.90 Å². The van der Waals surface area contributed by atoms with Crippen molar-refractivity contribution in [2.45, 2.75) is 38.6 Å². The molecule has 21 heavy (non-hydrogen) atoms. The number of nitrogens with zero attached hydrogens (tertiary/aromatic N) is 1. The van der Waals surface area contributed by atoms with E-state index in [0.29, 0.717) is 30.8 Å². The highest BCUT2D eigenvalue weighted by atomic mass is 32.2. The minimum Gasteiger partial charge on any atom is -0.316 e. The second-order valence-corrected chi connectivity index (χ2v) is 8.43. The Kier molecular flexibility index (Phi) is 4.42. The van der Waals surface area contributed by atoms with Crippen LogP contribution in [0.3, 0.4) is 0 Å². The van der Waals surface area contributed by atoms with Crippen LogP contribution in [0.4, 0.5) is 4.39 Å². The van der Waals surface area contributed by atoms with Crippen LogP contribution >= 0.6 is 0 Å². The molecule has 0 amide bonds. The highest BCUT2D eigenvalue weighted by Gasteiger charge is 2.37. The number of halogens is 1. The van der Waals surface area contributed by atoms with Crippen molar-refractivity contribution in [3.05, 3.63) is 29.1 Å². The normalized spacial score (nSPS) is 19.1. The Bertz CT molecular complexity index is 641. The van der Waals surface area contributed by atoms with Gasteiger partial charge in [-0.1, -0.05) is 13.8 Å². The van der Waals surface area contributed by atoms with Gasteiger partial charge in [-0.05, 0) is 43.5 Å². The summed E-state index contributed by atoms with van der Waals surface area (Å²) in [4.78, 5) is 0.185. The van der Waals surface area contributed by atoms with Gasteiger partial charge in [0.15, 0.2) is 0 Å². The summed E-state index contributed by atoms with van der Waals surface area (Å²) in [7, 11) is -1.84. The number of rotatable bonds is 4. The van der Waals surface area contributed by atoms with Crippen LogP contribution in [0.2, 0.25) is 0 Å². The minimum atomic E-state index is -3.55. The van der Waals surface area contributed by atoms with E-state index in [0.717, 1.165) is 6.42 Å².